The van der Waals surface area contributed by atoms with Crippen molar-refractivity contribution in [3.8, 4) is 0 Å². The van der Waals surface area contributed by atoms with Gasteiger partial charge >= 0.3 is 5.69 Å². The fourth-order valence-corrected chi connectivity index (χ4v) is 2.15. The molecule has 0 aliphatic heterocycles. The molecule has 1 aromatic carbocycles. The summed E-state index contributed by atoms with van der Waals surface area (Å²) in [6.07, 6.45) is 2.71. The van der Waals surface area contributed by atoms with Crippen LogP contribution >= 0.6 is 0 Å². The summed E-state index contributed by atoms with van der Waals surface area (Å²) in [6, 6.07) is 7.93. The van der Waals surface area contributed by atoms with E-state index in [1.165, 1.54) is 14.7 Å². The lowest BCUT2D eigenvalue weighted by molar-refractivity contribution is 0.155. The minimum Gasteiger partial charge on any atom is -0.387 e. The predicted molar refractivity (Wildman–Crippen MR) is 79.8 cm³/mol. The molecule has 1 unspecified atom stereocenters. The van der Waals surface area contributed by atoms with Gasteiger partial charge in [0, 0.05) is 19.4 Å². The number of hydrogen-bond acceptors (Lipinski definition) is 2. The van der Waals surface area contributed by atoms with E-state index in [-0.39, 0.29) is 17.6 Å². The highest BCUT2D eigenvalue weighted by atomic mass is 16.3. The summed E-state index contributed by atoms with van der Waals surface area (Å²) in [5.41, 5.74) is 2.04. The summed E-state index contributed by atoms with van der Waals surface area (Å²) >= 11 is 0. The average molecular weight is 274 g/mol. The molecule has 0 aliphatic carbocycles. The van der Waals surface area contributed by atoms with Crippen LogP contribution in [0, 0.1) is 0 Å². The maximum absolute atomic E-state index is 11.7. The van der Waals surface area contributed by atoms with Crippen LogP contribution < -0.4 is 5.69 Å². The molecule has 1 N–H and O–H groups in total. The maximum atomic E-state index is 11.7. The molecule has 0 saturated carbocycles. The zero-order valence-electron chi connectivity index (χ0n) is 12.5. The van der Waals surface area contributed by atoms with Gasteiger partial charge in [-0.15, -0.1) is 0 Å². The molecule has 0 spiro atoms. The molecule has 0 saturated heterocycles. The molecule has 20 heavy (non-hydrogen) atoms. The van der Waals surface area contributed by atoms with Gasteiger partial charge in [-0.05, 0) is 16.5 Å². The number of aliphatic hydroxyl groups is 1. The quantitative estimate of drug-likeness (QED) is 0.933. The molecule has 4 nitrogen and oxygen atoms in total. The largest absolute Gasteiger partial charge is 0.387 e. The van der Waals surface area contributed by atoms with Gasteiger partial charge in [-0.3, -0.25) is 4.57 Å². The van der Waals surface area contributed by atoms with Gasteiger partial charge < -0.3 is 9.67 Å². The Hall–Kier alpha value is -1.81. The number of aromatic nitrogens is 2. The van der Waals surface area contributed by atoms with Gasteiger partial charge in [-0.2, -0.15) is 0 Å². The van der Waals surface area contributed by atoms with Crippen molar-refractivity contribution in [1.29, 1.82) is 0 Å². The summed E-state index contributed by atoms with van der Waals surface area (Å²) in [7, 11) is 1.70. The Bertz CT molecular complexity index is 630. The smallest absolute Gasteiger partial charge is 0.327 e. The van der Waals surface area contributed by atoms with Gasteiger partial charge in [0.05, 0.1) is 12.6 Å². The second kappa shape index (κ2) is 5.29. The monoisotopic (exact) mass is 274 g/mol. The van der Waals surface area contributed by atoms with E-state index >= 15 is 0 Å². The van der Waals surface area contributed by atoms with E-state index in [1.807, 2.05) is 24.3 Å². The molecular weight excluding hydrogens is 252 g/mol. The highest BCUT2D eigenvalue weighted by Gasteiger charge is 2.15. The topological polar surface area (TPSA) is 47.2 Å². The number of benzene rings is 1. The van der Waals surface area contributed by atoms with E-state index in [4.69, 9.17) is 0 Å². The fourth-order valence-electron chi connectivity index (χ4n) is 2.15. The van der Waals surface area contributed by atoms with Crippen molar-refractivity contribution in [1.82, 2.24) is 9.13 Å². The molecule has 108 valence electrons. The Labute approximate surface area is 119 Å². The number of rotatable bonds is 3. The van der Waals surface area contributed by atoms with Crippen LogP contribution in [0.15, 0.2) is 41.5 Å². The molecule has 0 bridgehead atoms. The van der Waals surface area contributed by atoms with Crippen molar-refractivity contribution in [2.75, 3.05) is 0 Å². The first-order chi connectivity index (χ1) is 9.29. The van der Waals surface area contributed by atoms with Crippen molar-refractivity contribution in [3.63, 3.8) is 0 Å². The third-order valence-electron chi connectivity index (χ3n) is 3.55. The van der Waals surface area contributed by atoms with Crippen LogP contribution in [0.5, 0.6) is 0 Å². The normalized spacial score (nSPS) is 13.4. The van der Waals surface area contributed by atoms with Crippen LogP contribution in [-0.4, -0.2) is 14.2 Å². The summed E-state index contributed by atoms with van der Waals surface area (Å²) < 4.78 is 3.01. The van der Waals surface area contributed by atoms with Crippen LogP contribution in [0.2, 0.25) is 0 Å². The number of nitrogens with zero attached hydrogens (tertiary/aromatic N) is 2. The third-order valence-corrected chi connectivity index (χ3v) is 3.55. The molecule has 2 rings (SSSR count). The van der Waals surface area contributed by atoms with Crippen LogP contribution in [-0.2, 0) is 19.0 Å². The molecular formula is C16H22N2O2. The standard InChI is InChI=1S/C16H22N2O2/c1-16(2,3)13-7-5-12(6-8-13)14(19)11-18-10-9-17(4)15(18)20/h5-10,14,19H,11H2,1-4H3. The summed E-state index contributed by atoms with van der Waals surface area (Å²) in [4.78, 5) is 11.7. The minimum absolute atomic E-state index is 0.0971. The maximum Gasteiger partial charge on any atom is 0.327 e. The van der Waals surface area contributed by atoms with Crippen LogP contribution in [0.25, 0.3) is 0 Å². The summed E-state index contributed by atoms with van der Waals surface area (Å²) in [6.45, 7) is 6.74. The minimum atomic E-state index is -0.677. The molecule has 1 atom stereocenters. The zero-order valence-corrected chi connectivity index (χ0v) is 12.5. The zero-order chi connectivity index (χ0) is 14.9. The second-order valence-electron chi connectivity index (χ2n) is 6.23. The van der Waals surface area contributed by atoms with Crippen molar-refractivity contribution < 1.29 is 5.11 Å². The van der Waals surface area contributed by atoms with Crippen molar-refractivity contribution in [3.05, 3.63) is 58.3 Å². The van der Waals surface area contributed by atoms with Crippen molar-refractivity contribution in [2.24, 2.45) is 7.05 Å². The SMILES string of the molecule is Cn1ccn(CC(O)c2ccc(C(C)(C)C)cc2)c1=O. The summed E-state index contributed by atoms with van der Waals surface area (Å²) in [5.74, 6) is 0. The van der Waals surface area contributed by atoms with Crippen LogP contribution in [0.1, 0.15) is 38.0 Å². The van der Waals surface area contributed by atoms with Gasteiger partial charge in [-0.25, -0.2) is 4.79 Å². The Balaban J connectivity index is 2.16. The fraction of sp³-hybridized carbons (Fsp3) is 0.438. The molecule has 0 aliphatic rings. The number of aliphatic hydroxyl groups excluding tert-OH is 1. The van der Waals surface area contributed by atoms with E-state index in [2.05, 4.69) is 20.8 Å². The lowest BCUT2D eigenvalue weighted by Gasteiger charge is -2.20. The van der Waals surface area contributed by atoms with E-state index in [0.717, 1.165) is 5.56 Å². The molecule has 1 aromatic heterocycles. The average Bonchev–Trinajstić information content (AvgIpc) is 2.70. The van der Waals surface area contributed by atoms with Gasteiger partial charge in [0.1, 0.15) is 0 Å². The Morgan fingerprint density at radius 2 is 1.75 bits per heavy atom. The first-order valence-electron chi connectivity index (χ1n) is 6.79. The van der Waals surface area contributed by atoms with E-state index in [1.54, 1.807) is 19.4 Å². The summed E-state index contributed by atoms with van der Waals surface area (Å²) in [5, 5.41) is 10.2. The first kappa shape index (κ1) is 14.6. The van der Waals surface area contributed by atoms with Crippen molar-refractivity contribution in [2.45, 2.75) is 38.8 Å². The number of aryl methyl sites for hydroxylation is 1. The molecule has 0 amide bonds. The van der Waals surface area contributed by atoms with Gasteiger partial charge in [0.25, 0.3) is 0 Å². The molecule has 0 fully saturated rings. The second-order valence-corrected chi connectivity index (χ2v) is 6.23. The van der Waals surface area contributed by atoms with Crippen LogP contribution in [0.3, 0.4) is 0 Å². The lowest BCUT2D eigenvalue weighted by atomic mass is 9.86. The predicted octanol–water partition coefficient (Wildman–Crippen LogP) is 2.22. The molecule has 0 radical (unpaired) electrons. The van der Waals surface area contributed by atoms with Gasteiger partial charge in [0.15, 0.2) is 0 Å². The molecule has 2 aromatic rings. The van der Waals surface area contributed by atoms with E-state index in [9.17, 15) is 9.90 Å². The number of hydrogen-bond donors (Lipinski definition) is 1. The first-order valence-corrected chi connectivity index (χ1v) is 6.79. The Morgan fingerprint density at radius 1 is 1.15 bits per heavy atom. The van der Waals surface area contributed by atoms with Crippen molar-refractivity contribution >= 4 is 0 Å². The highest BCUT2D eigenvalue weighted by molar-refractivity contribution is 5.28. The highest BCUT2D eigenvalue weighted by Crippen LogP contribution is 2.24. The number of imidazole rings is 1. The van der Waals surface area contributed by atoms with E-state index in [0.29, 0.717) is 0 Å². The van der Waals surface area contributed by atoms with Crippen LogP contribution in [0.4, 0.5) is 0 Å². The van der Waals surface area contributed by atoms with E-state index < -0.39 is 6.10 Å². The molecule has 1 heterocycles. The lowest BCUT2D eigenvalue weighted by Crippen LogP contribution is -2.24. The third kappa shape index (κ3) is 3.02. The Kier molecular flexibility index (Phi) is 3.86. The van der Waals surface area contributed by atoms with Gasteiger partial charge in [-0.1, -0.05) is 45.0 Å². The molecule has 4 heteroatoms. The Morgan fingerprint density at radius 3 is 2.20 bits per heavy atom. The van der Waals surface area contributed by atoms with Gasteiger partial charge in [0.2, 0.25) is 0 Å².